The van der Waals surface area contributed by atoms with Gasteiger partial charge in [0.25, 0.3) is 0 Å². The highest BCUT2D eigenvalue weighted by Crippen LogP contribution is 2.05. The van der Waals surface area contributed by atoms with Gasteiger partial charge in [-0.3, -0.25) is 0 Å². The number of halogens is 1. The third kappa shape index (κ3) is 5.73. The summed E-state index contributed by atoms with van der Waals surface area (Å²) < 4.78 is 0. The fraction of sp³-hybridized carbons (Fsp3) is 0.750. The molecule has 1 heteroatoms. The van der Waals surface area contributed by atoms with E-state index in [-0.39, 0.29) is 0 Å². The van der Waals surface area contributed by atoms with Crippen molar-refractivity contribution in [2.75, 3.05) is 5.88 Å². The van der Waals surface area contributed by atoms with E-state index in [0.29, 0.717) is 5.92 Å². The predicted octanol–water partition coefficient (Wildman–Crippen LogP) is 2.66. The van der Waals surface area contributed by atoms with Gasteiger partial charge in [-0.25, -0.2) is 0 Å². The normalized spacial score (nSPS) is 11.9. The number of alkyl halides is 1. The van der Waals surface area contributed by atoms with Crippen molar-refractivity contribution in [2.24, 2.45) is 5.92 Å². The van der Waals surface area contributed by atoms with Crippen LogP contribution in [0, 0.1) is 17.8 Å². The van der Waals surface area contributed by atoms with Crippen LogP contribution in [0.3, 0.4) is 0 Å². The average Bonchev–Trinajstić information content (AvgIpc) is 1.89. The fourth-order valence-electron chi connectivity index (χ4n) is 0.521. The molecule has 0 saturated heterocycles. The van der Waals surface area contributed by atoms with E-state index in [1.807, 2.05) is 6.92 Å². The molecule has 0 aliphatic rings. The van der Waals surface area contributed by atoms with Crippen molar-refractivity contribution in [3.05, 3.63) is 0 Å². The SMILES string of the molecule is CC#CCCC(C)CCl. The monoisotopic (exact) mass is 144 g/mol. The van der Waals surface area contributed by atoms with E-state index in [9.17, 15) is 0 Å². The Labute approximate surface area is 62.6 Å². The van der Waals surface area contributed by atoms with Crippen molar-refractivity contribution >= 4 is 11.6 Å². The lowest BCUT2D eigenvalue weighted by molar-refractivity contribution is 0.606. The smallest absolute Gasteiger partial charge is 0.0249 e. The van der Waals surface area contributed by atoms with Crippen LogP contribution in [-0.2, 0) is 0 Å². The van der Waals surface area contributed by atoms with Gasteiger partial charge < -0.3 is 0 Å². The van der Waals surface area contributed by atoms with E-state index in [4.69, 9.17) is 11.6 Å². The van der Waals surface area contributed by atoms with Crippen LogP contribution in [0.15, 0.2) is 0 Å². The van der Waals surface area contributed by atoms with Gasteiger partial charge in [0, 0.05) is 12.3 Å². The maximum Gasteiger partial charge on any atom is 0.0249 e. The average molecular weight is 145 g/mol. The molecule has 9 heavy (non-hydrogen) atoms. The van der Waals surface area contributed by atoms with E-state index < -0.39 is 0 Å². The molecule has 0 heterocycles. The van der Waals surface area contributed by atoms with Gasteiger partial charge in [-0.15, -0.1) is 23.4 Å². The molecular formula is C8H13Cl. The van der Waals surface area contributed by atoms with Crippen LogP contribution in [-0.4, -0.2) is 5.88 Å². The van der Waals surface area contributed by atoms with Crippen LogP contribution < -0.4 is 0 Å². The molecule has 0 nitrogen and oxygen atoms in total. The third-order valence-electron chi connectivity index (χ3n) is 1.20. The molecule has 0 aliphatic heterocycles. The highest BCUT2D eigenvalue weighted by Gasteiger charge is 1.95. The molecule has 0 aliphatic carbocycles. The molecule has 0 fully saturated rings. The molecule has 0 N–H and O–H groups in total. The van der Waals surface area contributed by atoms with Crippen molar-refractivity contribution < 1.29 is 0 Å². The lowest BCUT2D eigenvalue weighted by atomic mass is 10.1. The molecule has 52 valence electrons. The van der Waals surface area contributed by atoms with Crippen LogP contribution in [0.2, 0.25) is 0 Å². The maximum absolute atomic E-state index is 5.58. The fourth-order valence-corrected chi connectivity index (χ4v) is 0.675. The Morgan fingerprint density at radius 1 is 1.56 bits per heavy atom. The number of hydrogen-bond acceptors (Lipinski definition) is 0. The molecule has 1 atom stereocenters. The van der Waals surface area contributed by atoms with Crippen molar-refractivity contribution in [3.63, 3.8) is 0 Å². The highest BCUT2D eigenvalue weighted by molar-refractivity contribution is 6.18. The van der Waals surface area contributed by atoms with Crippen LogP contribution in [0.4, 0.5) is 0 Å². The summed E-state index contributed by atoms with van der Waals surface area (Å²) >= 11 is 5.58. The Hall–Kier alpha value is -0.150. The predicted molar refractivity (Wildman–Crippen MR) is 42.6 cm³/mol. The highest BCUT2D eigenvalue weighted by atomic mass is 35.5. The Morgan fingerprint density at radius 2 is 2.22 bits per heavy atom. The van der Waals surface area contributed by atoms with Crippen LogP contribution in [0.25, 0.3) is 0 Å². The van der Waals surface area contributed by atoms with E-state index >= 15 is 0 Å². The molecule has 1 unspecified atom stereocenters. The lowest BCUT2D eigenvalue weighted by Crippen LogP contribution is -1.93. The van der Waals surface area contributed by atoms with Gasteiger partial charge >= 0.3 is 0 Å². The lowest BCUT2D eigenvalue weighted by Gasteiger charge is -2.00. The first-order valence-corrected chi connectivity index (χ1v) is 3.80. The summed E-state index contributed by atoms with van der Waals surface area (Å²) in [6.45, 7) is 4.01. The van der Waals surface area contributed by atoms with Gasteiger partial charge in [-0.1, -0.05) is 6.92 Å². The zero-order valence-corrected chi connectivity index (χ0v) is 6.83. The molecule has 0 aromatic carbocycles. The van der Waals surface area contributed by atoms with Crippen LogP contribution in [0.5, 0.6) is 0 Å². The third-order valence-corrected chi connectivity index (χ3v) is 1.73. The van der Waals surface area contributed by atoms with Gasteiger partial charge in [0.1, 0.15) is 0 Å². The molecule has 0 saturated carbocycles. The summed E-state index contributed by atoms with van der Waals surface area (Å²) in [4.78, 5) is 0. The first kappa shape index (κ1) is 8.85. The van der Waals surface area contributed by atoms with Gasteiger partial charge in [0.05, 0.1) is 0 Å². The van der Waals surface area contributed by atoms with Crippen LogP contribution >= 0.6 is 11.6 Å². The second kappa shape index (κ2) is 5.98. The molecule has 0 bridgehead atoms. The second-order valence-electron chi connectivity index (χ2n) is 2.22. The van der Waals surface area contributed by atoms with Gasteiger partial charge in [-0.2, -0.15) is 0 Å². The largest absolute Gasteiger partial charge is 0.126 e. The summed E-state index contributed by atoms with van der Waals surface area (Å²) in [5, 5.41) is 0. The van der Waals surface area contributed by atoms with Crippen molar-refractivity contribution in [1.29, 1.82) is 0 Å². The van der Waals surface area contributed by atoms with E-state index in [2.05, 4.69) is 18.8 Å². The van der Waals surface area contributed by atoms with E-state index in [0.717, 1.165) is 18.7 Å². The van der Waals surface area contributed by atoms with Gasteiger partial charge in [-0.05, 0) is 19.3 Å². The minimum atomic E-state index is 0.618. The minimum Gasteiger partial charge on any atom is -0.126 e. The summed E-state index contributed by atoms with van der Waals surface area (Å²) in [6.07, 6.45) is 2.12. The standard InChI is InChI=1S/C8H13Cl/c1-3-4-5-6-8(2)7-9/h8H,5-7H2,1-2H3. The van der Waals surface area contributed by atoms with Gasteiger partial charge in [0.2, 0.25) is 0 Å². The quantitative estimate of drug-likeness (QED) is 0.422. The van der Waals surface area contributed by atoms with Gasteiger partial charge in [0.15, 0.2) is 0 Å². The molecular weight excluding hydrogens is 132 g/mol. The maximum atomic E-state index is 5.58. The van der Waals surface area contributed by atoms with Crippen LogP contribution in [0.1, 0.15) is 26.7 Å². The minimum absolute atomic E-state index is 0.618. The Balaban J connectivity index is 3.13. The van der Waals surface area contributed by atoms with Crippen molar-refractivity contribution in [2.45, 2.75) is 26.7 Å². The first-order chi connectivity index (χ1) is 4.31. The van der Waals surface area contributed by atoms with Crippen molar-refractivity contribution in [1.82, 2.24) is 0 Å². The molecule has 0 radical (unpaired) electrons. The Bertz CT molecular complexity index is 107. The molecule has 0 rings (SSSR count). The molecule has 0 aromatic rings. The Morgan fingerprint density at radius 3 is 2.67 bits per heavy atom. The summed E-state index contributed by atoms with van der Waals surface area (Å²) in [5.74, 6) is 7.23. The topological polar surface area (TPSA) is 0 Å². The summed E-state index contributed by atoms with van der Waals surface area (Å²) in [5.41, 5.74) is 0. The Kier molecular flexibility index (Phi) is 5.88. The second-order valence-corrected chi connectivity index (χ2v) is 2.53. The van der Waals surface area contributed by atoms with E-state index in [1.54, 1.807) is 0 Å². The first-order valence-electron chi connectivity index (χ1n) is 3.26. The zero-order chi connectivity index (χ0) is 7.11. The molecule has 0 aromatic heterocycles. The summed E-state index contributed by atoms with van der Waals surface area (Å²) in [7, 11) is 0. The zero-order valence-electron chi connectivity index (χ0n) is 6.08. The number of hydrogen-bond donors (Lipinski definition) is 0. The van der Waals surface area contributed by atoms with E-state index in [1.165, 1.54) is 0 Å². The number of rotatable bonds is 3. The summed E-state index contributed by atoms with van der Waals surface area (Å²) in [6, 6.07) is 0. The van der Waals surface area contributed by atoms with Crippen molar-refractivity contribution in [3.8, 4) is 11.8 Å². The molecule has 0 amide bonds. The molecule has 0 spiro atoms.